The van der Waals surface area contributed by atoms with Gasteiger partial charge in [-0.3, -0.25) is 9.69 Å². The summed E-state index contributed by atoms with van der Waals surface area (Å²) in [5.74, 6) is 0.802. The van der Waals surface area contributed by atoms with Gasteiger partial charge in [-0.15, -0.1) is 0 Å². The molecule has 1 aliphatic carbocycles. The van der Waals surface area contributed by atoms with Gasteiger partial charge in [-0.2, -0.15) is 0 Å². The number of carbonyl (C=O) groups is 1. The van der Waals surface area contributed by atoms with Crippen LogP contribution in [0.15, 0.2) is 42.5 Å². The van der Waals surface area contributed by atoms with Crippen LogP contribution in [0, 0.1) is 5.92 Å². The number of hydrogen-bond donors (Lipinski definition) is 0. The molecule has 2 aromatic carbocycles. The van der Waals surface area contributed by atoms with Gasteiger partial charge in [0.25, 0.3) is 5.91 Å². The lowest BCUT2D eigenvalue weighted by Gasteiger charge is -2.38. The second kappa shape index (κ2) is 8.31. The van der Waals surface area contributed by atoms with E-state index in [4.69, 9.17) is 0 Å². The fourth-order valence-corrected chi connectivity index (χ4v) is 5.27. The average molecular weight is 391 g/mol. The van der Waals surface area contributed by atoms with E-state index in [1.807, 2.05) is 18.2 Å². The van der Waals surface area contributed by atoms with Crippen molar-refractivity contribution in [1.29, 1.82) is 0 Å². The predicted molar refractivity (Wildman–Crippen MR) is 120 cm³/mol. The number of hydrogen-bond acceptors (Lipinski definition) is 2. The van der Waals surface area contributed by atoms with Crippen molar-refractivity contribution in [1.82, 2.24) is 9.80 Å². The Balaban J connectivity index is 1.54. The maximum atomic E-state index is 12.3. The van der Waals surface area contributed by atoms with Gasteiger partial charge in [-0.25, -0.2) is 0 Å². The van der Waals surface area contributed by atoms with E-state index in [9.17, 15) is 4.79 Å². The fraction of sp³-hybridized carbons (Fsp3) is 0.500. The first kappa shape index (κ1) is 20.2. The van der Waals surface area contributed by atoms with E-state index in [-0.39, 0.29) is 5.91 Å². The number of carbonyl (C=O) groups excluding carboxylic acids is 1. The smallest absolute Gasteiger partial charge is 0.253 e. The highest BCUT2D eigenvalue weighted by Crippen LogP contribution is 2.34. The van der Waals surface area contributed by atoms with Crippen molar-refractivity contribution >= 4 is 5.91 Å². The highest BCUT2D eigenvalue weighted by molar-refractivity contribution is 5.95. The third-order valence-electron chi connectivity index (χ3n) is 6.84. The second-order valence-electron chi connectivity index (χ2n) is 9.35. The second-order valence-corrected chi connectivity index (χ2v) is 9.35. The molecule has 3 nitrogen and oxygen atoms in total. The van der Waals surface area contributed by atoms with Crippen molar-refractivity contribution in [3.8, 4) is 11.1 Å². The van der Waals surface area contributed by atoms with Gasteiger partial charge in [-0.1, -0.05) is 44.2 Å². The summed E-state index contributed by atoms with van der Waals surface area (Å²) in [4.78, 5) is 16.8. The zero-order valence-corrected chi connectivity index (χ0v) is 18.3. The fourth-order valence-electron chi connectivity index (χ4n) is 5.27. The van der Waals surface area contributed by atoms with Crippen LogP contribution in [-0.2, 0) is 12.8 Å². The molecule has 1 aliphatic heterocycles. The Kier molecular flexibility index (Phi) is 5.78. The van der Waals surface area contributed by atoms with Crippen LogP contribution in [0.25, 0.3) is 11.1 Å². The Morgan fingerprint density at radius 3 is 2.59 bits per heavy atom. The molecule has 0 spiro atoms. The van der Waals surface area contributed by atoms with Crippen LogP contribution in [0.2, 0.25) is 0 Å². The van der Waals surface area contributed by atoms with Crippen LogP contribution in [0.1, 0.15) is 54.6 Å². The van der Waals surface area contributed by atoms with Crippen LogP contribution in [-0.4, -0.2) is 48.4 Å². The highest BCUT2D eigenvalue weighted by Gasteiger charge is 2.34. The molecule has 1 fully saturated rings. The number of rotatable bonds is 4. The van der Waals surface area contributed by atoms with E-state index < -0.39 is 0 Å². The van der Waals surface area contributed by atoms with Crippen molar-refractivity contribution in [2.75, 3.05) is 20.6 Å². The summed E-state index contributed by atoms with van der Waals surface area (Å²) in [6.07, 6.45) is 6.32. The standard InChI is InChI=1S/C26H34N2O/c1-18(2)25-9-6-14-28(25)24-13-12-21-15-20(10-11-22(21)17-24)19-7-5-8-23(16-19)26(29)27(3)4/h5,7-8,10-11,15-16,18,24-25H,6,9,12-14,17H2,1-4H3. The molecule has 0 N–H and O–H groups in total. The van der Waals surface area contributed by atoms with E-state index in [2.05, 4.69) is 43.0 Å². The molecule has 3 heteroatoms. The molecule has 154 valence electrons. The lowest BCUT2D eigenvalue weighted by atomic mass is 9.84. The maximum absolute atomic E-state index is 12.3. The molecule has 0 radical (unpaired) electrons. The van der Waals surface area contributed by atoms with Crippen LogP contribution < -0.4 is 0 Å². The van der Waals surface area contributed by atoms with Gasteiger partial charge in [-0.05, 0) is 79.0 Å². The average Bonchev–Trinajstić information content (AvgIpc) is 3.23. The van der Waals surface area contributed by atoms with E-state index in [0.717, 1.165) is 29.5 Å². The molecule has 1 heterocycles. The van der Waals surface area contributed by atoms with Crippen LogP contribution in [0.4, 0.5) is 0 Å². The molecule has 2 aliphatic rings. The molecule has 2 atom stereocenters. The minimum atomic E-state index is 0.0537. The molecule has 1 amide bonds. The van der Waals surface area contributed by atoms with Gasteiger partial charge in [0.2, 0.25) is 0 Å². The molecule has 4 rings (SSSR count). The van der Waals surface area contributed by atoms with Crippen molar-refractivity contribution < 1.29 is 4.79 Å². The zero-order chi connectivity index (χ0) is 20.5. The number of benzene rings is 2. The Bertz CT molecular complexity index is 886. The summed E-state index contributed by atoms with van der Waals surface area (Å²) in [5, 5.41) is 0. The molecule has 0 saturated carbocycles. The summed E-state index contributed by atoms with van der Waals surface area (Å²) >= 11 is 0. The summed E-state index contributed by atoms with van der Waals surface area (Å²) in [5.41, 5.74) is 6.10. The first-order valence-corrected chi connectivity index (χ1v) is 11.1. The zero-order valence-electron chi connectivity index (χ0n) is 18.3. The number of aryl methyl sites for hydroxylation is 1. The number of fused-ring (bicyclic) bond motifs is 1. The van der Waals surface area contributed by atoms with Crippen molar-refractivity contribution in [2.45, 2.75) is 58.0 Å². The van der Waals surface area contributed by atoms with Gasteiger partial charge < -0.3 is 4.90 Å². The van der Waals surface area contributed by atoms with Crippen LogP contribution in [0.5, 0.6) is 0 Å². The Morgan fingerprint density at radius 1 is 1.03 bits per heavy atom. The van der Waals surface area contributed by atoms with Gasteiger partial charge >= 0.3 is 0 Å². The summed E-state index contributed by atoms with van der Waals surface area (Å²) in [6.45, 7) is 6.02. The Labute approximate surface area is 175 Å². The minimum Gasteiger partial charge on any atom is -0.345 e. The molecular formula is C26H34N2O. The van der Waals surface area contributed by atoms with E-state index in [0.29, 0.717) is 6.04 Å². The van der Waals surface area contributed by atoms with Crippen molar-refractivity contribution in [2.24, 2.45) is 5.92 Å². The van der Waals surface area contributed by atoms with Crippen LogP contribution in [0.3, 0.4) is 0 Å². The maximum Gasteiger partial charge on any atom is 0.253 e. The third-order valence-corrected chi connectivity index (χ3v) is 6.84. The van der Waals surface area contributed by atoms with Crippen LogP contribution >= 0.6 is 0 Å². The number of amides is 1. The quantitative estimate of drug-likeness (QED) is 0.731. The normalized spacial score (nSPS) is 22.0. The lowest BCUT2D eigenvalue weighted by molar-refractivity contribution is 0.0827. The molecule has 1 saturated heterocycles. The third kappa shape index (κ3) is 4.11. The number of nitrogens with zero attached hydrogens (tertiary/aromatic N) is 2. The van der Waals surface area contributed by atoms with Gasteiger partial charge in [0.05, 0.1) is 0 Å². The minimum absolute atomic E-state index is 0.0537. The largest absolute Gasteiger partial charge is 0.345 e. The molecule has 2 unspecified atom stereocenters. The van der Waals surface area contributed by atoms with E-state index >= 15 is 0 Å². The summed E-state index contributed by atoms with van der Waals surface area (Å²) in [7, 11) is 3.60. The van der Waals surface area contributed by atoms with Crippen molar-refractivity contribution in [3.63, 3.8) is 0 Å². The molecule has 2 aromatic rings. The molecular weight excluding hydrogens is 356 g/mol. The van der Waals surface area contributed by atoms with Crippen molar-refractivity contribution in [3.05, 3.63) is 59.2 Å². The predicted octanol–water partition coefficient (Wildman–Crippen LogP) is 5.03. The molecule has 0 aromatic heterocycles. The summed E-state index contributed by atoms with van der Waals surface area (Å²) < 4.78 is 0. The van der Waals surface area contributed by atoms with Gasteiger partial charge in [0, 0.05) is 31.7 Å². The van der Waals surface area contributed by atoms with E-state index in [1.54, 1.807) is 19.0 Å². The van der Waals surface area contributed by atoms with Gasteiger partial charge in [0.1, 0.15) is 0 Å². The SMILES string of the molecule is CC(C)C1CCCN1C1CCc2cc(-c3cccc(C(=O)N(C)C)c3)ccc2C1. The monoisotopic (exact) mass is 390 g/mol. The van der Waals surface area contributed by atoms with E-state index in [1.165, 1.54) is 48.9 Å². The molecule has 0 bridgehead atoms. The number of likely N-dealkylation sites (tertiary alicyclic amines) is 1. The molecule has 29 heavy (non-hydrogen) atoms. The Hall–Kier alpha value is -2.13. The highest BCUT2D eigenvalue weighted by atomic mass is 16.2. The Morgan fingerprint density at radius 2 is 1.83 bits per heavy atom. The topological polar surface area (TPSA) is 23.6 Å². The first-order chi connectivity index (χ1) is 13.9. The van der Waals surface area contributed by atoms with Gasteiger partial charge in [0.15, 0.2) is 0 Å². The summed E-state index contributed by atoms with van der Waals surface area (Å²) in [6, 6.07) is 16.4. The lowest BCUT2D eigenvalue weighted by Crippen LogP contribution is -2.44. The first-order valence-electron chi connectivity index (χ1n) is 11.1.